The minimum atomic E-state index is -3.33. The van der Waals surface area contributed by atoms with E-state index in [1.165, 1.54) is 6.07 Å². The summed E-state index contributed by atoms with van der Waals surface area (Å²) >= 11 is 6.09. The highest BCUT2D eigenvalue weighted by Crippen LogP contribution is 2.36. The van der Waals surface area contributed by atoms with Crippen molar-refractivity contribution in [2.75, 3.05) is 18.2 Å². The van der Waals surface area contributed by atoms with E-state index in [1.807, 2.05) is 0 Å². The lowest BCUT2D eigenvalue weighted by Gasteiger charge is -2.25. The Morgan fingerprint density at radius 1 is 1.21 bits per heavy atom. The molecule has 4 rings (SSSR count). The molecular weight excluding hydrogens is 400 g/mol. The summed E-state index contributed by atoms with van der Waals surface area (Å²) in [5.74, 6) is 0.0749. The first kappa shape index (κ1) is 18.7. The number of sulfone groups is 1. The lowest BCUT2D eigenvalue weighted by molar-refractivity contribution is -0.118. The summed E-state index contributed by atoms with van der Waals surface area (Å²) in [6.07, 6.45) is 4.82. The van der Waals surface area contributed by atoms with Crippen LogP contribution in [0.3, 0.4) is 0 Å². The van der Waals surface area contributed by atoms with Gasteiger partial charge in [0.2, 0.25) is 5.91 Å². The van der Waals surface area contributed by atoms with Crippen molar-refractivity contribution in [1.29, 1.82) is 0 Å². The minimum absolute atomic E-state index is 0.187. The molecule has 1 unspecified atom stereocenters. The molecule has 6 nitrogen and oxygen atoms in total. The molecule has 28 heavy (non-hydrogen) atoms. The zero-order valence-electron chi connectivity index (χ0n) is 15.0. The highest BCUT2D eigenvalue weighted by molar-refractivity contribution is 7.90. The smallest absolute Gasteiger partial charge is 0.232 e. The number of pyridine rings is 1. The molecular formula is C20H17ClN2O4S. The normalized spacial score (nSPS) is 16.3. The average Bonchev–Trinajstić information content (AvgIpc) is 2.66. The van der Waals surface area contributed by atoms with Gasteiger partial charge in [-0.1, -0.05) is 17.7 Å². The lowest BCUT2D eigenvalue weighted by Crippen LogP contribution is -2.26. The Labute approximate surface area is 167 Å². The van der Waals surface area contributed by atoms with Gasteiger partial charge in [-0.05, 0) is 36.8 Å². The highest BCUT2D eigenvalue weighted by atomic mass is 35.5. The first-order valence-corrected chi connectivity index (χ1v) is 10.9. The number of amides is 1. The fraction of sp³-hybridized carbons (Fsp3) is 0.200. The van der Waals surface area contributed by atoms with Crippen LogP contribution < -0.4 is 10.1 Å². The molecule has 8 heteroatoms. The molecule has 1 aliphatic heterocycles. The fourth-order valence-electron chi connectivity index (χ4n) is 3.34. The molecule has 1 aliphatic rings. The Kier molecular flexibility index (Phi) is 4.72. The standard InChI is InChI=1S/C20H17ClN2O4S/c1-28(25,26)14-3-4-15-12(8-14)10-22-11-18(15)23-20(24)16-6-7-27-19-5-2-13(21)9-17(16)19/h2-5,8-11,16H,6-7H2,1H3,(H,23,24). The number of rotatable bonds is 3. The number of fused-ring (bicyclic) bond motifs is 2. The molecule has 0 aliphatic carbocycles. The molecule has 1 N–H and O–H groups in total. The van der Waals surface area contributed by atoms with Gasteiger partial charge in [-0.3, -0.25) is 9.78 Å². The van der Waals surface area contributed by atoms with Gasteiger partial charge in [-0.2, -0.15) is 0 Å². The van der Waals surface area contributed by atoms with Gasteiger partial charge < -0.3 is 10.1 Å². The summed E-state index contributed by atoms with van der Waals surface area (Å²) in [4.78, 5) is 17.3. The predicted octanol–water partition coefficient (Wildman–Crippen LogP) is 3.80. The molecule has 144 valence electrons. The first-order valence-electron chi connectivity index (χ1n) is 8.64. The molecule has 0 radical (unpaired) electrons. The molecule has 2 aromatic carbocycles. The Hall–Kier alpha value is -2.64. The minimum Gasteiger partial charge on any atom is -0.493 e. The van der Waals surface area contributed by atoms with E-state index in [1.54, 1.807) is 42.7 Å². The van der Waals surface area contributed by atoms with Crippen LogP contribution in [0.15, 0.2) is 53.7 Å². The van der Waals surface area contributed by atoms with Crippen molar-refractivity contribution in [3.05, 3.63) is 59.4 Å². The summed E-state index contributed by atoms with van der Waals surface area (Å²) in [5.41, 5.74) is 1.28. The van der Waals surface area contributed by atoms with Gasteiger partial charge in [-0.15, -0.1) is 0 Å². The van der Waals surface area contributed by atoms with Crippen LogP contribution in [0.2, 0.25) is 5.02 Å². The average molecular weight is 417 g/mol. The molecule has 0 bridgehead atoms. The third-order valence-corrected chi connectivity index (χ3v) is 6.09. The van der Waals surface area contributed by atoms with E-state index >= 15 is 0 Å². The van der Waals surface area contributed by atoms with E-state index in [0.29, 0.717) is 40.3 Å². The van der Waals surface area contributed by atoms with Crippen molar-refractivity contribution in [3.8, 4) is 5.75 Å². The van der Waals surface area contributed by atoms with Crippen molar-refractivity contribution < 1.29 is 17.9 Å². The van der Waals surface area contributed by atoms with E-state index in [4.69, 9.17) is 16.3 Å². The number of hydrogen-bond acceptors (Lipinski definition) is 5. The number of hydrogen-bond donors (Lipinski definition) is 1. The third kappa shape index (κ3) is 3.55. The van der Waals surface area contributed by atoms with Crippen LogP contribution in [0.1, 0.15) is 17.9 Å². The predicted molar refractivity (Wildman–Crippen MR) is 108 cm³/mol. The van der Waals surface area contributed by atoms with Crippen LogP contribution in [0.5, 0.6) is 5.75 Å². The molecule has 1 aromatic heterocycles. The number of halogens is 1. The van der Waals surface area contributed by atoms with Crippen molar-refractivity contribution >= 4 is 43.8 Å². The zero-order valence-corrected chi connectivity index (χ0v) is 16.5. The summed E-state index contributed by atoms with van der Waals surface area (Å²) in [6.45, 7) is 0.443. The quantitative estimate of drug-likeness (QED) is 0.701. The number of carbonyl (C=O) groups is 1. The van der Waals surface area contributed by atoms with Crippen molar-refractivity contribution in [2.45, 2.75) is 17.2 Å². The van der Waals surface area contributed by atoms with Gasteiger partial charge in [0, 0.05) is 33.8 Å². The Bertz CT molecular complexity index is 1190. The van der Waals surface area contributed by atoms with Gasteiger partial charge >= 0.3 is 0 Å². The van der Waals surface area contributed by atoms with Gasteiger partial charge in [0.1, 0.15) is 5.75 Å². The summed E-state index contributed by atoms with van der Waals surface area (Å²) in [5, 5.41) is 4.82. The maximum Gasteiger partial charge on any atom is 0.232 e. The monoisotopic (exact) mass is 416 g/mol. The van der Waals surface area contributed by atoms with E-state index in [9.17, 15) is 13.2 Å². The molecule has 1 atom stereocenters. The van der Waals surface area contributed by atoms with Gasteiger partial charge in [-0.25, -0.2) is 8.42 Å². The van der Waals surface area contributed by atoms with Crippen LogP contribution in [0, 0.1) is 0 Å². The zero-order chi connectivity index (χ0) is 19.9. The number of anilines is 1. The summed E-state index contributed by atoms with van der Waals surface area (Å²) in [6, 6.07) is 10.0. The lowest BCUT2D eigenvalue weighted by atomic mass is 9.92. The number of aromatic nitrogens is 1. The van der Waals surface area contributed by atoms with Crippen LogP contribution in [0.25, 0.3) is 10.8 Å². The van der Waals surface area contributed by atoms with Crippen molar-refractivity contribution in [2.24, 2.45) is 0 Å². The van der Waals surface area contributed by atoms with E-state index in [-0.39, 0.29) is 10.8 Å². The van der Waals surface area contributed by atoms with Crippen molar-refractivity contribution in [3.63, 3.8) is 0 Å². The second-order valence-electron chi connectivity index (χ2n) is 6.70. The van der Waals surface area contributed by atoms with Crippen LogP contribution in [-0.2, 0) is 14.6 Å². The SMILES string of the molecule is CS(=O)(=O)c1ccc2c(NC(=O)C3CCOc4ccc(Cl)cc43)cncc2c1. The molecule has 0 saturated carbocycles. The largest absolute Gasteiger partial charge is 0.493 e. The molecule has 0 saturated heterocycles. The fourth-order valence-corrected chi connectivity index (χ4v) is 4.18. The number of benzene rings is 2. The summed E-state index contributed by atoms with van der Waals surface area (Å²) < 4.78 is 29.2. The molecule has 2 heterocycles. The highest BCUT2D eigenvalue weighted by Gasteiger charge is 2.28. The number of nitrogens with zero attached hydrogens (tertiary/aromatic N) is 1. The maximum atomic E-state index is 13.0. The molecule has 3 aromatic rings. The second kappa shape index (κ2) is 7.07. The van der Waals surface area contributed by atoms with Gasteiger partial charge in [0.15, 0.2) is 9.84 Å². The Balaban J connectivity index is 1.68. The van der Waals surface area contributed by atoms with Crippen LogP contribution >= 0.6 is 11.6 Å². The van der Waals surface area contributed by atoms with E-state index in [2.05, 4.69) is 10.3 Å². The molecule has 0 fully saturated rings. The maximum absolute atomic E-state index is 13.0. The molecule has 1 amide bonds. The summed E-state index contributed by atoms with van der Waals surface area (Å²) in [7, 11) is -3.33. The van der Waals surface area contributed by atoms with Gasteiger partial charge in [0.05, 0.1) is 29.3 Å². The van der Waals surface area contributed by atoms with E-state index < -0.39 is 15.8 Å². The van der Waals surface area contributed by atoms with Crippen LogP contribution in [-0.4, -0.2) is 32.2 Å². The van der Waals surface area contributed by atoms with E-state index in [0.717, 1.165) is 11.8 Å². The second-order valence-corrected chi connectivity index (χ2v) is 9.16. The number of ether oxygens (including phenoxy) is 1. The molecule has 0 spiro atoms. The Morgan fingerprint density at radius 2 is 2.04 bits per heavy atom. The van der Waals surface area contributed by atoms with Gasteiger partial charge in [0.25, 0.3) is 0 Å². The first-order chi connectivity index (χ1) is 13.3. The topological polar surface area (TPSA) is 85.4 Å². The Morgan fingerprint density at radius 3 is 2.82 bits per heavy atom. The number of nitrogens with one attached hydrogen (secondary N) is 1. The van der Waals surface area contributed by atoms with Crippen molar-refractivity contribution in [1.82, 2.24) is 4.98 Å². The number of carbonyl (C=O) groups excluding carboxylic acids is 1. The van der Waals surface area contributed by atoms with Crippen LogP contribution in [0.4, 0.5) is 5.69 Å². The third-order valence-electron chi connectivity index (χ3n) is 4.74.